The van der Waals surface area contributed by atoms with Gasteiger partial charge in [-0.1, -0.05) is 13.8 Å². The maximum Gasteiger partial charge on any atom is 0.397 e. The summed E-state index contributed by atoms with van der Waals surface area (Å²) in [7, 11) is -3.77. The second-order valence-electron chi connectivity index (χ2n) is 11.8. The number of nitrogens with one attached hydrogen (secondary N) is 2. The van der Waals surface area contributed by atoms with Crippen LogP contribution in [0.4, 0.5) is 0 Å². The lowest BCUT2D eigenvalue weighted by Crippen LogP contribution is -2.61. The first-order valence-electron chi connectivity index (χ1n) is 14.4. The van der Waals surface area contributed by atoms with Gasteiger partial charge in [0.2, 0.25) is 11.8 Å². The zero-order valence-corrected chi connectivity index (χ0v) is 26.5. The lowest BCUT2D eigenvalue weighted by atomic mass is 9.81. The number of hydrogen-bond acceptors (Lipinski definition) is 9. The number of aliphatic hydroxyl groups is 2. The molecule has 0 bridgehead atoms. The van der Waals surface area contributed by atoms with Crippen LogP contribution in [0.25, 0.3) is 0 Å². The summed E-state index contributed by atoms with van der Waals surface area (Å²) < 4.78 is 42.0. The number of aliphatic hydroxyl groups excluding tert-OH is 2. The summed E-state index contributed by atoms with van der Waals surface area (Å²) in [5, 5.41) is 25.2. The Morgan fingerprint density at radius 3 is 2.41 bits per heavy atom. The minimum absolute atomic E-state index is 0.0132. The number of fused-ring (bicyclic) bond motifs is 1. The average Bonchev–Trinajstić information content (AvgIpc) is 3.56. The van der Waals surface area contributed by atoms with E-state index in [2.05, 4.69) is 14.8 Å². The van der Waals surface area contributed by atoms with Crippen LogP contribution in [0.5, 0.6) is 0 Å². The van der Waals surface area contributed by atoms with E-state index < -0.39 is 76.5 Å². The number of halogens is 1. The van der Waals surface area contributed by atoms with Crippen molar-refractivity contribution in [2.75, 3.05) is 33.4 Å². The smallest absolute Gasteiger partial charge is 0.390 e. The number of carbonyl (C=O) groups is 3. The third kappa shape index (κ3) is 9.02. The standard InChI is InChI=1S/C26H43ClN6O10S/c1-13(2)21(27)22(31-24(37)20(42-3)12-43-44(39,40)41)25(38)33-16-10-19(35)18(34)9-15(16)8-17(33)23(36)30-6-4-14-5-7-32(11-14)26(28)29/h5,13,15-22,34-35H,4,6-12H2,1-3H3,(H6,28,29,30,31,36,37,39,40,41)/p+1/t15-,16+,17+,18+,19+,20-,21-,22-/m1/s1. The molecule has 250 valence electrons. The summed E-state index contributed by atoms with van der Waals surface area (Å²) in [5.74, 6) is -2.50. The number of nitrogens with two attached hydrogens (primary N) is 2. The quantitative estimate of drug-likeness (QED) is 0.0351. The van der Waals surface area contributed by atoms with Crippen LogP contribution < -0.4 is 22.1 Å². The molecule has 2 aliphatic heterocycles. The first kappa shape index (κ1) is 35.9. The van der Waals surface area contributed by atoms with Crippen molar-refractivity contribution in [3.8, 4) is 0 Å². The highest BCUT2D eigenvalue weighted by molar-refractivity contribution is 7.80. The van der Waals surface area contributed by atoms with Gasteiger partial charge < -0.3 is 30.5 Å². The molecular weight excluding hydrogens is 624 g/mol. The summed E-state index contributed by atoms with van der Waals surface area (Å²) in [4.78, 5) is 42.2. The number of methoxy groups -OCH3 is 1. The zero-order valence-electron chi connectivity index (χ0n) is 25.0. The summed E-state index contributed by atoms with van der Waals surface area (Å²) in [5.41, 5.74) is 12.3. The van der Waals surface area contributed by atoms with Gasteiger partial charge in [0.1, 0.15) is 18.7 Å². The molecule has 18 heteroatoms. The second kappa shape index (κ2) is 15.2. The van der Waals surface area contributed by atoms with Crippen molar-refractivity contribution < 1.29 is 51.1 Å². The Kier molecular flexibility index (Phi) is 12.4. The highest BCUT2D eigenvalue weighted by Crippen LogP contribution is 2.41. The molecule has 0 unspecified atom stereocenters. The maximum atomic E-state index is 14.2. The van der Waals surface area contributed by atoms with Crippen LogP contribution in [0.3, 0.4) is 0 Å². The SMILES string of the molecule is CO[C@H](COS(=O)(=O)O)C(=O)N[C@@H](C(=O)N1[C@H](C(=O)NCCC2=CC[N+](=C(N)N)C2)C[C@@H]2C[C@H](O)[C@@H](O)C[C@@H]21)[C@H](Cl)C(C)C. The van der Waals surface area contributed by atoms with E-state index in [4.69, 9.17) is 32.4 Å². The van der Waals surface area contributed by atoms with E-state index in [0.29, 0.717) is 19.5 Å². The van der Waals surface area contributed by atoms with Gasteiger partial charge in [-0.25, -0.2) is 4.18 Å². The molecule has 1 saturated heterocycles. The van der Waals surface area contributed by atoms with Crippen molar-refractivity contribution in [2.24, 2.45) is 23.3 Å². The Morgan fingerprint density at radius 2 is 1.84 bits per heavy atom. The van der Waals surface area contributed by atoms with Gasteiger partial charge in [0, 0.05) is 19.7 Å². The molecule has 16 nitrogen and oxygen atoms in total. The van der Waals surface area contributed by atoms with Crippen molar-refractivity contribution in [1.29, 1.82) is 0 Å². The van der Waals surface area contributed by atoms with Crippen LogP contribution in [0.15, 0.2) is 11.6 Å². The molecule has 3 aliphatic rings. The Morgan fingerprint density at radius 1 is 1.18 bits per heavy atom. The van der Waals surface area contributed by atoms with Crippen LogP contribution >= 0.6 is 11.6 Å². The predicted molar refractivity (Wildman–Crippen MR) is 158 cm³/mol. The van der Waals surface area contributed by atoms with Gasteiger partial charge in [0.15, 0.2) is 6.10 Å². The lowest BCUT2D eigenvalue weighted by molar-refractivity contribution is -0.503. The Bertz CT molecular complexity index is 1240. The molecular formula is C26H44ClN6O10S+. The van der Waals surface area contributed by atoms with Crippen molar-refractivity contribution in [3.63, 3.8) is 0 Å². The van der Waals surface area contributed by atoms with E-state index in [1.807, 2.05) is 6.08 Å². The van der Waals surface area contributed by atoms with Gasteiger partial charge >= 0.3 is 16.4 Å². The van der Waals surface area contributed by atoms with Crippen LogP contribution in [0.1, 0.15) is 39.5 Å². The molecule has 3 amide bonds. The van der Waals surface area contributed by atoms with Gasteiger partial charge in [-0.3, -0.25) is 35.0 Å². The van der Waals surface area contributed by atoms with Gasteiger partial charge in [0.05, 0.1) is 30.7 Å². The number of guanidine groups is 1. The molecule has 8 atom stereocenters. The van der Waals surface area contributed by atoms with Crippen LogP contribution in [-0.2, 0) is 33.7 Å². The number of carbonyl (C=O) groups excluding carboxylic acids is 3. The number of alkyl halides is 1. The molecule has 0 radical (unpaired) electrons. The zero-order chi connectivity index (χ0) is 32.9. The van der Waals surface area contributed by atoms with Gasteiger partial charge in [-0.15, -0.1) is 11.6 Å². The number of amides is 3. The topological polar surface area (TPSA) is 247 Å². The fourth-order valence-corrected chi connectivity index (χ4v) is 6.39. The molecule has 0 aromatic rings. The monoisotopic (exact) mass is 667 g/mol. The number of likely N-dealkylation sites (tertiary alicyclic amines) is 1. The Hall–Kier alpha value is -2.54. The van der Waals surface area contributed by atoms with Gasteiger partial charge in [-0.2, -0.15) is 8.42 Å². The van der Waals surface area contributed by atoms with Crippen molar-refractivity contribution >= 4 is 45.7 Å². The minimum atomic E-state index is -4.88. The molecule has 0 aromatic heterocycles. The fraction of sp³-hybridized carbons (Fsp3) is 0.769. The van der Waals surface area contributed by atoms with E-state index >= 15 is 0 Å². The number of nitrogens with zero attached hydrogens (tertiary/aromatic N) is 2. The maximum absolute atomic E-state index is 14.2. The van der Waals surface area contributed by atoms with Crippen LogP contribution in [-0.4, -0.2) is 132 Å². The average molecular weight is 668 g/mol. The highest BCUT2D eigenvalue weighted by atomic mass is 35.5. The van der Waals surface area contributed by atoms with Gasteiger partial charge in [0.25, 0.3) is 5.91 Å². The molecule has 0 aromatic carbocycles. The molecule has 9 N–H and O–H groups in total. The van der Waals surface area contributed by atoms with Crippen LogP contribution in [0, 0.1) is 11.8 Å². The molecule has 2 heterocycles. The molecule has 44 heavy (non-hydrogen) atoms. The van der Waals surface area contributed by atoms with E-state index in [0.717, 1.165) is 12.7 Å². The molecule has 3 rings (SSSR count). The van der Waals surface area contributed by atoms with Crippen molar-refractivity contribution in [3.05, 3.63) is 11.6 Å². The van der Waals surface area contributed by atoms with Crippen LogP contribution in [0.2, 0.25) is 0 Å². The lowest BCUT2D eigenvalue weighted by Gasteiger charge is -2.40. The fourth-order valence-electron chi connectivity index (χ4n) is 5.92. The largest absolute Gasteiger partial charge is 0.397 e. The molecule has 2 fully saturated rings. The number of rotatable bonds is 13. The highest BCUT2D eigenvalue weighted by Gasteiger charge is 2.53. The summed E-state index contributed by atoms with van der Waals surface area (Å²) in [6.45, 7) is 3.97. The number of hydrogen-bond donors (Lipinski definition) is 7. The van der Waals surface area contributed by atoms with E-state index in [1.54, 1.807) is 18.4 Å². The molecule has 1 saturated carbocycles. The predicted octanol–water partition coefficient (Wildman–Crippen LogP) is -2.60. The normalized spacial score (nSPS) is 27.4. The Balaban J connectivity index is 1.82. The first-order valence-corrected chi connectivity index (χ1v) is 16.2. The third-order valence-electron chi connectivity index (χ3n) is 8.36. The second-order valence-corrected chi connectivity index (χ2v) is 13.3. The first-order chi connectivity index (χ1) is 20.5. The van der Waals surface area contributed by atoms with E-state index in [9.17, 15) is 33.0 Å². The van der Waals surface area contributed by atoms with Gasteiger partial charge in [-0.05, 0) is 49.2 Å². The molecule has 1 aliphatic carbocycles. The Labute approximate surface area is 261 Å². The molecule has 0 spiro atoms. The van der Waals surface area contributed by atoms with E-state index in [-0.39, 0.29) is 43.6 Å². The summed E-state index contributed by atoms with van der Waals surface area (Å²) in [6.07, 6.45) is -0.771. The van der Waals surface area contributed by atoms with E-state index in [1.165, 1.54) is 4.90 Å². The number of ether oxygens (including phenoxy) is 1. The van der Waals surface area contributed by atoms with Crippen molar-refractivity contribution in [1.82, 2.24) is 15.5 Å². The summed E-state index contributed by atoms with van der Waals surface area (Å²) >= 11 is 6.65. The third-order valence-corrected chi connectivity index (χ3v) is 9.55. The minimum Gasteiger partial charge on any atom is -0.390 e. The summed E-state index contributed by atoms with van der Waals surface area (Å²) in [6, 6.07) is -2.99. The van der Waals surface area contributed by atoms with Crippen molar-refractivity contribution in [2.45, 2.75) is 81.3 Å².